The third-order valence-corrected chi connectivity index (χ3v) is 5.20. The first-order valence-electron chi connectivity index (χ1n) is 8.84. The number of alkyl halides is 3. The molecule has 0 saturated carbocycles. The summed E-state index contributed by atoms with van der Waals surface area (Å²) in [5.74, 6) is -3.48. The van der Waals surface area contributed by atoms with Crippen molar-refractivity contribution in [2.24, 2.45) is 5.41 Å². The van der Waals surface area contributed by atoms with Crippen LogP contribution in [0.5, 0.6) is 0 Å². The number of sulfone groups is 1. The minimum Gasteiger partial charge on any atom is -0.338 e. The van der Waals surface area contributed by atoms with E-state index in [0.29, 0.717) is 0 Å². The molecule has 8 heteroatoms. The molecule has 0 aliphatic heterocycles. The van der Waals surface area contributed by atoms with Gasteiger partial charge in [0, 0.05) is 6.61 Å². The molecular formula is C20H27F3O4S. The molecular weight excluding hydrogens is 393 g/mol. The Kier molecular flexibility index (Phi) is 7.70. The Morgan fingerprint density at radius 2 is 1.68 bits per heavy atom. The van der Waals surface area contributed by atoms with Gasteiger partial charge < -0.3 is 9.47 Å². The van der Waals surface area contributed by atoms with Gasteiger partial charge in [0.2, 0.25) is 9.84 Å². The molecule has 4 nitrogen and oxygen atoms in total. The normalized spacial score (nSPS) is 15.1. The highest BCUT2D eigenvalue weighted by Crippen LogP contribution is 2.45. The van der Waals surface area contributed by atoms with Gasteiger partial charge in [-0.05, 0) is 44.4 Å². The van der Waals surface area contributed by atoms with Gasteiger partial charge in [-0.3, -0.25) is 0 Å². The number of benzene rings is 1. The Morgan fingerprint density at radius 3 is 2.07 bits per heavy atom. The number of hydrogen-bond acceptors (Lipinski definition) is 4. The lowest BCUT2D eigenvalue weighted by atomic mass is 9.97. The second-order valence-electron chi connectivity index (χ2n) is 7.51. The molecule has 0 aliphatic carbocycles. The Balaban J connectivity index is 3.99. The number of rotatable bonds is 7. The van der Waals surface area contributed by atoms with Gasteiger partial charge in [-0.1, -0.05) is 39.0 Å². The molecule has 0 fully saturated rings. The van der Waals surface area contributed by atoms with Crippen molar-refractivity contribution in [3.63, 3.8) is 0 Å². The van der Waals surface area contributed by atoms with E-state index in [2.05, 4.69) is 5.73 Å². The van der Waals surface area contributed by atoms with E-state index in [1.165, 1.54) is 51.1 Å². The number of hydrogen-bond donors (Lipinski definition) is 0. The molecule has 0 saturated heterocycles. The lowest BCUT2D eigenvalue weighted by molar-refractivity contribution is -0.366. The van der Waals surface area contributed by atoms with Crippen LogP contribution in [0.2, 0.25) is 0 Å². The highest BCUT2D eigenvalue weighted by Gasteiger charge is 2.64. The largest absolute Gasteiger partial charge is 0.449 e. The van der Waals surface area contributed by atoms with Gasteiger partial charge in [0.1, 0.15) is 0 Å². The van der Waals surface area contributed by atoms with Crippen LogP contribution in [0.25, 0.3) is 0 Å². The van der Waals surface area contributed by atoms with E-state index in [0.717, 1.165) is 0 Å². The molecule has 1 unspecified atom stereocenters. The first-order chi connectivity index (χ1) is 12.7. The topological polar surface area (TPSA) is 52.6 Å². The average molecular weight is 420 g/mol. The smallest absolute Gasteiger partial charge is 0.338 e. The average Bonchev–Trinajstić information content (AvgIpc) is 2.53. The Hall–Kier alpha value is -1.60. The first-order valence-corrected chi connectivity index (χ1v) is 10.3. The lowest BCUT2D eigenvalue weighted by Gasteiger charge is -2.37. The minimum atomic E-state index is -5.16. The quantitative estimate of drug-likeness (QED) is 0.446. The maximum absolute atomic E-state index is 14.2. The van der Waals surface area contributed by atoms with E-state index in [4.69, 9.17) is 9.47 Å². The predicted molar refractivity (Wildman–Crippen MR) is 101 cm³/mol. The van der Waals surface area contributed by atoms with Crippen molar-refractivity contribution in [1.29, 1.82) is 0 Å². The Labute approximate surface area is 165 Å². The van der Waals surface area contributed by atoms with Gasteiger partial charge in [-0.25, -0.2) is 8.42 Å². The fraction of sp³-hybridized carbons (Fsp3) is 0.550. The van der Waals surface area contributed by atoms with Crippen molar-refractivity contribution in [2.75, 3.05) is 6.61 Å². The molecule has 0 spiro atoms. The van der Waals surface area contributed by atoms with Crippen LogP contribution in [0.4, 0.5) is 13.2 Å². The summed E-state index contributed by atoms with van der Waals surface area (Å²) in [7, 11) is -4.63. The zero-order valence-corrected chi connectivity index (χ0v) is 17.7. The van der Waals surface area contributed by atoms with Crippen LogP contribution in [0.15, 0.2) is 51.9 Å². The second-order valence-corrected chi connectivity index (χ2v) is 9.40. The Morgan fingerprint density at radius 1 is 1.14 bits per heavy atom. The molecule has 0 bridgehead atoms. The summed E-state index contributed by atoms with van der Waals surface area (Å²) in [4.78, 5) is -1.43. The predicted octanol–water partition coefficient (Wildman–Crippen LogP) is 5.27. The second kappa shape index (κ2) is 8.82. The van der Waals surface area contributed by atoms with Crippen molar-refractivity contribution in [2.45, 2.75) is 64.5 Å². The molecule has 158 valence electrons. The van der Waals surface area contributed by atoms with Crippen LogP contribution in [-0.2, 0) is 19.3 Å². The van der Waals surface area contributed by atoms with Gasteiger partial charge in [0.05, 0.1) is 11.0 Å². The lowest BCUT2D eigenvalue weighted by Crippen LogP contribution is -2.54. The van der Waals surface area contributed by atoms with Gasteiger partial charge in [0.15, 0.2) is 4.91 Å². The molecule has 1 aromatic rings. The number of halogens is 3. The van der Waals surface area contributed by atoms with Crippen LogP contribution < -0.4 is 0 Å². The third-order valence-electron chi connectivity index (χ3n) is 3.38. The molecule has 0 N–H and O–H groups in total. The van der Waals surface area contributed by atoms with Crippen molar-refractivity contribution in [1.82, 2.24) is 0 Å². The molecule has 0 aromatic heterocycles. The molecule has 28 heavy (non-hydrogen) atoms. The van der Waals surface area contributed by atoms with Crippen LogP contribution in [0, 0.1) is 5.41 Å². The van der Waals surface area contributed by atoms with Crippen molar-refractivity contribution in [3.05, 3.63) is 47.0 Å². The third kappa shape index (κ3) is 5.70. The molecule has 0 radical (unpaired) electrons. The molecule has 1 rings (SSSR count). The zero-order valence-electron chi connectivity index (χ0n) is 16.9. The molecule has 0 heterocycles. The summed E-state index contributed by atoms with van der Waals surface area (Å²) in [6.45, 7) is 8.81. The number of ether oxygens (including phenoxy) is 2. The summed E-state index contributed by atoms with van der Waals surface area (Å²) in [6.07, 6.45) is -4.86. The van der Waals surface area contributed by atoms with Crippen LogP contribution >= 0.6 is 0 Å². The van der Waals surface area contributed by atoms with Gasteiger partial charge in [-0.2, -0.15) is 13.2 Å². The van der Waals surface area contributed by atoms with Crippen LogP contribution in [0.1, 0.15) is 41.5 Å². The van der Waals surface area contributed by atoms with E-state index >= 15 is 0 Å². The Bertz CT molecular complexity index is 815. The highest BCUT2D eigenvalue weighted by molar-refractivity contribution is 7.95. The maximum atomic E-state index is 14.2. The fourth-order valence-corrected chi connectivity index (χ4v) is 3.86. The van der Waals surface area contributed by atoms with Crippen molar-refractivity contribution < 1.29 is 31.1 Å². The molecule has 0 aliphatic rings. The minimum absolute atomic E-state index is 0.305. The molecule has 1 aromatic carbocycles. The zero-order chi connectivity index (χ0) is 21.8. The van der Waals surface area contributed by atoms with E-state index < -0.39 is 44.8 Å². The van der Waals surface area contributed by atoms with Crippen molar-refractivity contribution in [3.8, 4) is 0 Å². The van der Waals surface area contributed by atoms with E-state index in [9.17, 15) is 21.6 Å². The first kappa shape index (κ1) is 24.4. The van der Waals surface area contributed by atoms with Crippen molar-refractivity contribution >= 4 is 9.84 Å². The summed E-state index contributed by atoms with van der Waals surface area (Å²) in [5, 5.41) is 0. The van der Waals surface area contributed by atoms with Crippen LogP contribution in [0.3, 0.4) is 0 Å². The van der Waals surface area contributed by atoms with Gasteiger partial charge in [-0.15, -0.1) is 5.73 Å². The standard InChI is InChI=1S/C20H27F3O4S/c1-7-26-19(20(21,22)23,27-15(2)3)17(13-14-18(4,5)6)28(24,25)16-11-9-8-10-12-16/h8-12,14-15H,7H2,1-6H3. The summed E-state index contributed by atoms with van der Waals surface area (Å²) in [6, 6.07) is 6.86. The summed E-state index contributed by atoms with van der Waals surface area (Å²) in [5.41, 5.74) is 1.74. The summed E-state index contributed by atoms with van der Waals surface area (Å²) >= 11 is 0. The monoisotopic (exact) mass is 420 g/mol. The molecule has 1 atom stereocenters. The summed E-state index contributed by atoms with van der Waals surface area (Å²) < 4.78 is 79.3. The van der Waals surface area contributed by atoms with E-state index in [1.807, 2.05) is 0 Å². The maximum Gasteiger partial charge on any atom is 0.449 e. The van der Waals surface area contributed by atoms with E-state index in [-0.39, 0.29) is 4.90 Å². The SMILES string of the molecule is CCOC(OC(C)C)(C(=C=CC(C)(C)C)S(=O)(=O)c1ccccc1)C(F)(F)F. The molecule has 0 amide bonds. The van der Waals surface area contributed by atoms with Gasteiger partial charge in [0.25, 0.3) is 0 Å². The fourth-order valence-electron chi connectivity index (χ4n) is 2.31. The van der Waals surface area contributed by atoms with Crippen LogP contribution in [-0.4, -0.2) is 33.1 Å². The van der Waals surface area contributed by atoms with E-state index in [1.54, 1.807) is 26.8 Å². The highest BCUT2D eigenvalue weighted by atomic mass is 32.2. The van der Waals surface area contributed by atoms with Gasteiger partial charge >= 0.3 is 12.0 Å².